The van der Waals surface area contributed by atoms with Crippen molar-refractivity contribution < 1.29 is 4.79 Å². The third-order valence-corrected chi connectivity index (χ3v) is 8.65. The van der Waals surface area contributed by atoms with Gasteiger partial charge in [-0.2, -0.15) is 0 Å². The third-order valence-electron chi connectivity index (χ3n) is 6.73. The molecular weight excluding hydrogens is 440 g/mol. The van der Waals surface area contributed by atoms with E-state index < -0.39 is 0 Å². The van der Waals surface area contributed by atoms with Gasteiger partial charge in [0.25, 0.3) is 0 Å². The smallest absolute Gasteiger partial charge is 0.229 e. The average molecular weight is 471 g/mol. The van der Waals surface area contributed by atoms with Crippen molar-refractivity contribution in [3.63, 3.8) is 0 Å². The number of aromatic nitrogens is 3. The molecule has 1 amide bonds. The molecule has 0 atom stereocenters. The molecule has 2 aliphatic rings. The number of aryl methyl sites for hydroxylation is 2. The van der Waals surface area contributed by atoms with Gasteiger partial charge in [0.2, 0.25) is 5.91 Å². The first kappa shape index (κ1) is 21.7. The van der Waals surface area contributed by atoms with Crippen molar-refractivity contribution >= 4 is 49.7 Å². The molecule has 0 aliphatic carbocycles. The summed E-state index contributed by atoms with van der Waals surface area (Å²) in [6, 6.07) is 0. The number of carbonyl (C=O) groups excluding carboxylic acids is 1. The van der Waals surface area contributed by atoms with Crippen LogP contribution in [0.5, 0.6) is 0 Å². The lowest BCUT2D eigenvalue weighted by Crippen LogP contribution is -2.38. The Morgan fingerprint density at radius 2 is 1.91 bits per heavy atom. The molecule has 5 heterocycles. The van der Waals surface area contributed by atoms with Gasteiger partial charge in [0.1, 0.15) is 17.0 Å². The Kier molecular flexibility index (Phi) is 6.39. The van der Waals surface area contributed by atoms with E-state index >= 15 is 0 Å². The summed E-state index contributed by atoms with van der Waals surface area (Å²) in [7, 11) is 0. The highest BCUT2D eigenvalue weighted by atomic mass is 32.1. The van der Waals surface area contributed by atoms with Gasteiger partial charge in [-0.25, -0.2) is 15.0 Å². The number of hydrogen-bond acceptors (Lipinski definition) is 8. The van der Waals surface area contributed by atoms with Gasteiger partial charge in [-0.15, -0.1) is 22.7 Å². The normalized spacial score (nSPS) is 18.4. The van der Waals surface area contributed by atoms with Crippen molar-refractivity contribution in [1.82, 2.24) is 19.9 Å². The Morgan fingerprint density at radius 1 is 1.12 bits per heavy atom. The Morgan fingerprint density at radius 3 is 2.69 bits per heavy atom. The summed E-state index contributed by atoms with van der Waals surface area (Å²) in [5.41, 5.74) is 2.33. The number of piperidine rings is 2. The van der Waals surface area contributed by atoms with Crippen LogP contribution in [-0.2, 0) is 11.3 Å². The number of nitrogens with zero attached hydrogens (tertiary/aromatic N) is 5. The molecular formula is C23H30N6OS2. The maximum absolute atomic E-state index is 12.9. The molecule has 5 rings (SSSR count). The van der Waals surface area contributed by atoms with Crippen molar-refractivity contribution in [2.75, 3.05) is 36.4 Å². The summed E-state index contributed by atoms with van der Waals surface area (Å²) in [5, 5.41) is 7.05. The molecule has 7 nitrogen and oxygen atoms in total. The molecule has 9 heteroatoms. The van der Waals surface area contributed by atoms with E-state index in [0.29, 0.717) is 0 Å². The zero-order valence-corrected chi connectivity index (χ0v) is 20.4. The monoisotopic (exact) mass is 470 g/mol. The van der Waals surface area contributed by atoms with Crippen molar-refractivity contribution in [1.29, 1.82) is 0 Å². The van der Waals surface area contributed by atoms with E-state index in [1.54, 1.807) is 17.7 Å². The minimum atomic E-state index is 0.0170. The summed E-state index contributed by atoms with van der Waals surface area (Å²) < 4.78 is 0. The lowest BCUT2D eigenvalue weighted by molar-refractivity contribution is -0.120. The summed E-state index contributed by atoms with van der Waals surface area (Å²) in [5.74, 6) is 1.13. The van der Waals surface area contributed by atoms with Crippen LogP contribution < -0.4 is 10.2 Å². The van der Waals surface area contributed by atoms with Crippen LogP contribution in [0.3, 0.4) is 0 Å². The van der Waals surface area contributed by atoms with E-state index in [1.807, 2.05) is 0 Å². The fraction of sp³-hybridized carbons (Fsp3) is 0.565. The third kappa shape index (κ3) is 4.51. The highest BCUT2D eigenvalue weighted by Crippen LogP contribution is 2.35. The van der Waals surface area contributed by atoms with Gasteiger partial charge in [0.15, 0.2) is 5.13 Å². The molecule has 0 bridgehead atoms. The van der Waals surface area contributed by atoms with Crippen LogP contribution in [0.25, 0.3) is 10.2 Å². The number of carbonyl (C=O) groups is 1. The number of likely N-dealkylation sites (tertiary alicyclic amines) is 1. The van der Waals surface area contributed by atoms with E-state index in [2.05, 4.69) is 49.3 Å². The fourth-order valence-corrected chi connectivity index (χ4v) is 6.44. The number of thiophene rings is 1. The lowest BCUT2D eigenvalue weighted by atomic mass is 9.96. The molecule has 0 aromatic carbocycles. The minimum Gasteiger partial charge on any atom is -0.356 e. The van der Waals surface area contributed by atoms with Gasteiger partial charge >= 0.3 is 0 Å². The SMILES string of the molecule is Cc1sc2ncnc(N3CCC(C(=O)Nc4nc(CN5CCCCC5)cs4)CC3)c2c1C. The average Bonchev–Trinajstić information content (AvgIpc) is 3.37. The van der Waals surface area contributed by atoms with Crippen molar-refractivity contribution in [3.05, 3.63) is 27.8 Å². The van der Waals surface area contributed by atoms with Crippen molar-refractivity contribution in [2.24, 2.45) is 5.92 Å². The van der Waals surface area contributed by atoms with E-state index in [4.69, 9.17) is 0 Å². The van der Waals surface area contributed by atoms with Gasteiger partial charge < -0.3 is 10.2 Å². The maximum atomic E-state index is 12.9. The molecule has 3 aromatic rings. The summed E-state index contributed by atoms with van der Waals surface area (Å²) in [4.78, 5) is 33.7. The number of amides is 1. The zero-order valence-electron chi connectivity index (χ0n) is 18.8. The van der Waals surface area contributed by atoms with Gasteiger partial charge in [-0.3, -0.25) is 9.69 Å². The standard InChI is InChI=1S/C23H30N6OS2/c1-15-16(2)32-22-19(15)20(24-14-25-22)29-10-6-17(7-11-29)21(30)27-23-26-18(13-31-23)12-28-8-4-3-5-9-28/h13-14,17H,3-12H2,1-2H3,(H,26,27,30). The maximum Gasteiger partial charge on any atom is 0.229 e. The molecule has 170 valence electrons. The predicted octanol–water partition coefficient (Wildman–Crippen LogP) is 4.61. The van der Waals surface area contributed by atoms with E-state index in [0.717, 1.165) is 67.0 Å². The number of thiazole rings is 1. The fourth-order valence-electron chi connectivity index (χ4n) is 4.75. The Labute approximate surface area is 196 Å². The van der Waals surface area contributed by atoms with Crippen molar-refractivity contribution in [2.45, 2.75) is 52.5 Å². The number of fused-ring (bicyclic) bond motifs is 1. The van der Waals surface area contributed by atoms with Gasteiger partial charge in [0, 0.05) is 35.8 Å². The van der Waals surface area contributed by atoms with Gasteiger partial charge in [-0.05, 0) is 58.2 Å². The summed E-state index contributed by atoms with van der Waals surface area (Å²) >= 11 is 3.26. The van der Waals surface area contributed by atoms with Crippen LogP contribution in [-0.4, -0.2) is 51.9 Å². The lowest BCUT2D eigenvalue weighted by Gasteiger charge is -2.32. The van der Waals surface area contributed by atoms with E-state index in [-0.39, 0.29) is 11.8 Å². The molecule has 2 fully saturated rings. The van der Waals surface area contributed by atoms with Gasteiger partial charge in [0.05, 0.1) is 11.1 Å². The Bertz CT molecular complexity index is 1100. The minimum absolute atomic E-state index is 0.0170. The van der Waals surface area contributed by atoms with Crippen LogP contribution in [0, 0.1) is 19.8 Å². The van der Waals surface area contributed by atoms with E-state index in [9.17, 15) is 4.79 Å². The molecule has 1 N–H and O–H groups in total. The van der Waals surface area contributed by atoms with E-state index in [1.165, 1.54) is 46.4 Å². The molecule has 0 unspecified atom stereocenters. The molecule has 0 radical (unpaired) electrons. The molecule has 0 spiro atoms. The number of anilines is 2. The first-order valence-electron chi connectivity index (χ1n) is 11.5. The van der Waals surface area contributed by atoms with Crippen molar-refractivity contribution in [3.8, 4) is 0 Å². The van der Waals surface area contributed by atoms with Crippen LogP contribution in [0.2, 0.25) is 0 Å². The zero-order chi connectivity index (χ0) is 22.1. The second-order valence-corrected chi connectivity index (χ2v) is 11.0. The summed E-state index contributed by atoms with van der Waals surface area (Å²) in [6.45, 7) is 9.14. The van der Waals surface area contributed by atoms with Crippen LogP contribution in [0.1, 0.15) is 48.2 Å². The first-order chi connectivity index (χ1) is 15.6. The highest BCUT2D eigenvalue weighted by Gasteiger charge is 2.28. The molecule has 2 saturated heterocycles. The molecule has 0 saturated carbocycles. The largest absolute Gasteiger partial charge is 0.356 e. The quantitative estimate of drug-likeness (QED) is 0.587. The summed E-state index contributed by atoms with van der Waals surface area (Å²) in [6.07, 6.45) is 7.20. The number of nitrogens with one attached hydrogen (secondary N) is 1. The van der Waals surface area contributed by atoms with Gasteiger partial charge in [-0.1, -0.05) is 6.42 Å². The molecule has 3 aromatic heterocycles. The predicted molar refractivity (Wildman–Crippen MR) is 132 cm³/mol. The Hall–Kier alpha value is -2.10. The number of hydrogen-bond donors (Lipinski definition) is 1. The highest BCUT2D eigenvalue weighted by molar-refractivity contribution is 7.18. The second-order valence-electron chi connectivity index (χ2n) is 8.89. The van der Waals surface area contributed by atoms with Crippen LogP contribution >= 0.6 is 22.7 Å². The first-order valence-corrected chi connectivity index (χ1v) is 13.2. The number of rotatable bonds is 5. The second kappa shape index (κ2) is 9.41. The molecule has 2 aliphatic heterocycles. The molecule has 32 heavy (non-hydrogen) atoms. The van der Waals surface area contributed by atoms with Crippen LogP contribution in [0.4, 0.5) is 10.9 Å². The van der Waals surface area contributed by atoms with Crippen LogP contribution in [0.15, 0.2) is 11.7 Å². The Balaban J connectivity index is 1.18. The topological polar surface area (TPSA) is 74.2 Å².